The molecule has 2 fully saturated rings. The summed E-state index contributed by atoms with van der Waals surface area (Å²) in [6.07, 6.45) is 17.2. The van der Waals surface area contributed by atoms with Crippen LogP contribution in [-0.2, 0) is 0 Å². The Labute approximate surface area is 191 Å². The Hall–Kier alpha value is -2.73. The number of rotatable bonds is 5. The molecule has 3 heterocycles. The van der Waals surface area contributed by atoms with Crippen LogP contribution in [0.25, 0.3) is 0 Å². The van der Waals surface area contributed by atoms with Crippen LogP contribution in [0.4, 0.5) is 10.5 Å². The molecule has 0 aromatic heterocycles. The summed E-state index contributed by atoms with van der Waals surface area (Å²) in [6.45, 7) is 4.14. The molecular formula is C26H34N4O2. The zero-order valence-electron chi connectivity index (χ0n) is 18.8. The molecule has 1 saturated carbocycles. The Morgan fingerprint density at radius 1 is 1.06 bits per heavy atom. The van der Waals surface area contributed by atoms with Crippen molar-refractivity contribution in [2.75, 3.05) is 31.5 Å². The van der Waals surface area contributed by atoms with Crippen LogP contribution in [0.1, 0.15) is 44.9 Å². The first-order valence-corrected chi connectivity index (χ1v) is 12.1. The first-order valence-electron chi connectivity index (χ1n) is 12.1. The number of urea groups is 1. The van der Waals surface area contributed by atoms with Crippen LogP contribution >= 0.6 is 0 Å². The van der Waals surface area contributed by atoms with Gasteiger partial charge in [-0.3, -0.25) is 4.90 Å². The van der Waals surface area contributed by atoms with Gasteiger partial charge in [-0.15, -0.1) is 0 Å². The fourth-order valence-corrected chi connectivity index (χ4v) is 5.22. The molecule has 1 saturated heterocycles. The topological polar surface area (TPSA) is 56.8 Å². The van der Waals surface area contributed by atoms with E-state index in [9.17, 15) is 4.79 Å². The number of carbonyl (C=O) groups is 1. The van der Waals surface area contributed by atoms with E-state index in [1.165, 1.54) is 38.6 Å². The molecule has 3 aliphatic heterocycles. The van der Waals surface area contributed by atoms with Crippen molar-refractivity contribution in [2.45, 2.75) is 51.0 Å². The van der Waals surface area contributed by atoms with Gasteiger partial charge in [0, 0.05) is 43.9 Å². The molecule has 2 N–H and O–H groups in total. The standard InChI is InChI=1S/C26H34N4O2/c31-26(30-18-21-10-13-27-16-22(21)19-30)28-23-6-8-24(9-7-23)32-25-11-14-29(15-12-25)17-20-4-2-1-3-5-20/h6-10,13,16,18,20,25,27H,1-5,11-12,14-15,17,19H2,(H,28,31). The summed E-state index contributed by atoms with van der Waals surface area (Å²) in [5.74, 6) is 1.79. The Morgan fingerprint density at radius 2 is 1.84 bits per heavy atom. The lowest BCUT2D eigenvalue weighted by Gasteiger charge is -2.35. The van der Waals surface area contributed by atoms with Gasteiger partial charge in [0.2, 0.25) is 0 Å². The van der Waals surface area contributed by atoms with E-state index in [0.29, 0.717) is 6.54 Å². The molecule has 32 heavy (non-hydrogen) atoms. The van der Waals surface area contributed by atoms with Crippen LogP contribution in [0, 0.1) is 5.92 Å². The molecule has 5 rings (SSSR count). The van der Waals surface area contributed by atoms with Crippen molar-refractivity contribution in [1.82, 2.24) is 15.1 Å². The number of allylic oxidation sites excluding steroid dienone is 1. The predicted octanol–water partition coefficient (Wildman–Crippen LogP) is 4.84. The third-order valence-electron chi connectivity index (χ3n) is 7.07. The highest BCUT2D eigenvalue weighted by atomic mass is 16.5. The summed E-state index contributed by atoms with van der Waals surface area (Å²) in [6, 6.07) is 7.63. The average Bonchev–Trinajstić information content (AvgIpc) is 3.27. The number of hydrogen-bond acceptors (Lipinski definition) is 4. The quantitative estimate of drug-likeness (QED) is 0.696. The van der Waals surface area contributed by atoms with Crippen LogP contribution in [0.15, 0.2) is 60.1 Å². The molecule has 1 aromatic rings. The molecule has 6 nitrogen and oxygen atoms in total. The van der Waals surface area contributed by atoms with E-state index in [2.05, 4.69) is 15.5 Å². The summed E-state index contributed by atoms with van der Waals surface area (Å²) in [4.78, 5) is 16.9. The summed E-state index contributed by atoms with van der Waals surface area (Å²) >= 11 is 0. The maximum atomic E-state index is 12.6. The van der Waals surface area contributed by atoms with Crippen LogP contribution in [0.3, 0.4) is 0 Å². The molecule has 4 aliphatic rings. The van der Waals surface area contributed by atoms with Crippen LogP contribution < -0.4 is 15.4 Å². The highest BCUT2D eigenvalue weighted by Gasteiger charge is 2.24. The maximum Gasteiger partial charge on any atom is 0.326 e. The molecule has 0 atom stereocenters. The summed E-state index contributed by atoms with van der Waals surface area (Å²) in [5.41, 5.74) is 2.98. The highest BCUT2D eigenvalue weighted by Crippen LogP contribution is 2.27. The summed E-state index contributed by atoms with van der Waals surface area (Å²) in [7, 11) is 0. The van der Waals surface area contributed by atoms with Gasteiger partial charge in [0.1, 0.15) is 11.9 Å². The minimum absolute atomic E-state index is 0.125. The van der Waals surface area contributed by atoms with Crippen molar-refractivity contribution < 1.29 is 9.53 Å². The number of amides is 2. The van der Waals surface area contributed by atoms with Crippen molar-refractivity contribution in [3.05, 3.63) is 60.1 Å². The minimum Gasteiger partial charge on any atom is -0.490 e. The highest BCUT2D eigenvalue weighted by molar-refractivity contribution is 5.91. The smallest absolute Gasteiger partial charge is 0.326 e. The van der Waals surface area contributed by atoms with E-state index < -0.39 is 0 Å². The third-order valence-corrected chi connectivity index (χ3v) is 7.07. The lowest BCUT2D eigenvalue weighted by atomic mass is 9.88. The molecule has 1 aliphatic carbocycles. The number of dihydropyridines is 1. The Balaban J connectivity index is 1.07. The van der Waals surface area contributed by atoms with Crippen molar-refractivity contribution in [3.8, 4) is 5.75 Å². The summed E-state index contributed by atoms with van der Waals surface area (Å²) in [5, 5.41) is 6.04. The van der Waals surface area contributed by atoms with E-state index in [4.69, 9.17) is 4.74 Å². The van der Waals surface area contributed by atoms with E-state index in [1.807, 2.05) is 48.9 Å². The number of carbonyl (C=O) groups excluding carboxylic acids is 1. The molecule has 0 bridgehead atoms. The van der Waals surface area contributed by atoms with Crippen molar-refractivity contribution in [3.63, 3.8) is 0 Å². The molecule has 1 aromatic carbocycles. The molecule has 170 valence electrons. The van der Waals surface area contributed by atoms with E-state index >= 15 is 0 Å². The second kappa shape index (κ2) is 9.82. The molecule has 6 heteroatoms. The second-order valence-corrected chi connectivity index (χ2v) is 9.46. The van der Waals surface area contributed by atoms with E-state index in [1.54, 1.807) is 4.90 Å². The third kappa shape index (κ3) is 5.18. The van der Waals surface area contributed by atoms with E-state index in [-0.39, 0.29) is 12.1 Å². The SMILES string of the molecule is O=C(Nc1ccc(OC2CCN(CC3CCCCC3)CC2)cc1)N1C=C2C=CNC=C2C1. The zero-order chi connectivity index (χ0) is 21.8. The van der Waals surface area contributed by atoms with Crippen molar-refractivity contribution in [2.24, 2.45) is 5.92 Å². The number of nitrogens with zero attached hydrogens (tertiary/aromatic N) is 2. The van der Waals surface area contributed by atoms with Crippen LogP contribution in [0.5, 0.6) is 5.75 Å². The van der Waals surface area contributed by atoms with Crippen molar-refractivity contribution in [1.29, 1.82) is 0 Å². The van der Waals surface area contributed by atoms with Crippen LogP contribution in [-0.4, -0.2) is 48.1 Å². The number of ether oxygens (including phenoxy) is 1. The molecule has 0 spiro atoms. The van der Waals surface area contributed by atoms with Crippen LogP contribution in [0.2, 0.25) is 0 Å². The Kier molecular flexibility index (Phi) is 6.49. The lowest BCUT2D eigenvalue weighted by Crippen LogP contribution is -2.40. The number of nitrogens with one attached hydrogen (secondary N) is 2. The Bertz CT molecular complexity index is 891. The van der Waals surface area contributed by atoms with Gasteiger partial charge in [-0.1, -0.05) is 19.3 Å². The monoisotopic (exact) mass is 434 g/mol. The van der Waals surface area contributed by atoms with Gasteiger partial charge >= 0.3 is 6.03 Å². The minimum atomic E-state index is -0.125. The normalized spacial score (nSPS) is 22.1. The largest absolute Gasteiger partial charge is 0.490 e. The first kappa shape index (κ1) is 21.1. The molecule has 2 amide bonds. The number of benzene rings is 1. The predicted molar refractivity (Wildman–Crippen MR) is 127 cm³/mol. The zero-order valence-corrected chi connectivity index (χ0v) is 18.8. The average molecular weight is 435 g/mol. The van der Waals surface area contributed by atoms with Gasteiger partial charge in [-0.25, -0.2) is 4.79 Å². The van der Waals surface area contributed by atoms with E-state index in [0.717, 1.165) is 54.4 Å². The number of fused-ring (bicyclic) bond motifs is 1. The van der Waals surface area contributed by atoms with Crippen molar-refractivity contribution >= 4 is 11.7 Å². The second-order valence-electron chi connectivity index (χ2n) is 9.46. The fraction of sp³-hybridized carbons (Fsp3) is 0.500. The fourth-order valence-electron chi connectivity index (χ4n) is 5.22. The van der Waals surface area contributed by atoms with Gasteiger partial charge in [-0.05, 0) is 73.1 Å². The van der Waals surface area contributed by atoms with Gasteiger partial charge in [0.15, 0.2) is 0 Å². The molecular weight excluding hydrogens is 400 g/mol. The summed E-state index contributed by atoms with van der Waals surface area (Å²) < 4.78 is 6.24. The number of likely N-dealkylation sites (tertiary alicyclic amines) is 1. The number of anilines is 1. The number of piperidine rings is 1. The van der Waals surface area contributed by atoms with Gasteiger partial charge in [-0.2, -0.15) is 0 Å². The first-order chi connectivity index (χ1) is 15.7. The molecule has 0 unspecified atom stereocenters. The maximum absolute atomic E-state index is 12.6. The van der Waals surface area contributed by atoms with Gasteiger partial charge in [0.05, 0.1) is 6.54 Å². The number of hydrogen-bond donors (Lipinski definition) is 2. The van der Waals surface area contributed by atoms with Gasteiger partial charge < -0.3 is 20.3 Å². The molecule has 0 radical (unpaired) electrons. The Morgan fingerprint density at radius 3 is 2.59 bits per heavy atom. The van der Waals surface area contributed by atoms with Gasteiger partial charge in [0.25, 0.3) is 0 Å². The lowest BCUT2D eigenvalue weighted by molar-refractivity contribution is 0.0863.